The van der Waals surface area contributed by atoms with Crippen molar-refractivity contribution in [1.82, 2.24) is 9.89 Å². The fourth-order valence-electron chi connectivity index (χ4n) is 1.03. The Bertz CT molecular complexity index is 181. The molecule has 0 aliphatic rings. The molecular formula is C8H14N3. The maximum atomic E-state index is 3.92. The Kier molecular flexibility index (Phi) is 2.95. The Morgan fingerprint density at radius 1 is 1.73 bits per heavy atom. The third-order valence-electron chi connectivity index (χ3n) is 1.53. The summed E-state index contributed by atoms with van der Waals surface area (Å²) in [6.45, 7) is 4.32. The van der Waals surface area contributed by atoms with Gasteiger partial charge in [-0.25, -0.2) is 0 Å². The molecule has 1 unspecified atom stereocenters. The van der Waals surface area contributed by atoms with Gasteiger partial charge in [0, 0.05) is 12.2 Å². The van der Waals surface area contributed by atoms with Crippen LogP contribution in [0.2, 0.25) is 0 Å². The van der Waals surface area contributed by atoms with Gasteiger partial charge in [0.1, 0.15) is 6.20 Å². The average molecular weight is 152 g/mol. The molecule has 1 aromatic heterocycles. The van der Waals surface area contributed by atoms with Crippen LogP contribution in [-0.4, -0.2) is 15.9 Å². The van der Waals surface area contributed by atoms with Crippen molar-refractivity contribution in [2.24, 2.45) is 0 Å². The molecule has 3 nitrogen and oxygen atoms in total. The van der Waals surface area contributed by atoms with Crippen molar-refractivity contribution in [1.29, 1.82) is 0 Å². The summed E-state index contributed by atoms with van der Waals surface area (Å²) < 4.78 is 0. The third kappa shape index (κ3) is 2.62. The zero-order valence-electron chi connectivity index (χ0n) is 7.04. The summed E-state index contributed by atoms with van der Waals surface area (Å²) in [5.41, 5.74) is 3.20. The highest BCUT2D eigenvalue weighted by molar-refractivity contribution is 4.82. The van der Waals surface area contributed by atoms with Crippen molar-refractivity contribution >= 4 is 0 Å². The van der Waals surface area contributed by atoms with Gasteiger partial charge in [0.15, 0.2) is 0 Å². The predicted molar refractivity (Wildman–Crippen MR) is 44.8 cm³/mol. The monoisotopic (exact) mass is 152 g/mol. The lowest BCUT2D eigenvalue weighted by Gasteiger charge is -2.12. The Balaban J connectivity index is 2.31. The number of nitrogens with one attached hydrogen (secondary N) is 1. The SMILES string of the molecule is CCCC(C)Nn1cc[c]n1. The van der Waals surface area contributed by atoms with E-state index in [9.17, 15) is 0 Å². The Hall–Kier alpha value is -0.990. The van der Waals surface area contributed by atoms with Crippen LogP contribution < -0.4 is 5.43 Å². The minimum atomic E-state index is 0.480. The van der Waals surface area contributed by atoms with E-state index >= 15 is 0 Å². The van der Waals surface area contributed by atoms with Crippen molar-refractivity contribution in [3.05, 3.63) is 18.5 Å². The largest absolute Gasteiger partial charge is 0.307 e. The van der Waals surface area contributed by atoms with Gasteiger partial charge in [0.25, 0.3) is 0 Å². The van der Waals surface area contributed by atoms with Gasteiger partial charge in [-0.3, -0.25) is 0 Å². The Morgan fingerprint density at radius 3 is 3.09 bits per heavy atom. The normalized spacial score (nSPS) is 12.9. The summed E-state index contributed by atoms with van der Waals surface area (Å²) in [5, 5.41) is 3.92. The van der Waals surface area contributed by atoms with Crippen LogP contribution in [0.3, 0.4) is 0 Å². The topological polar surface area (TPSA) is 29.9 Å². The van der Waals surface area contributed by atoms with E-state index in [0.29, 0.717) is 6.04 Å². The Labute approximate surface area is 67.4 Å². The first-order valence-electron chi connectivity index (χ1n) is 4.01. The van der Waals surface area contributed by atoms with Crippen LogP contribution in [0.1, 0.15) is 26.7 Å². The molecule has 0 saturated carbocycles. The third-order valence-corrected chi connectivity index (χ3v) is 1.53. The van der Waals surface area contributed by atoms with Gasteiger partial charge >= 0.3 is 0 Å². The smallest absolute Gasteiger partial charge is 0.115 e. The lowest BCUT2D eigenvalue weighted by molar-refractivity contribution is 0.589. The molecule has 61 valence electrons. The van der Waals surface area contributed by atoms with E-state index in [-0.39, 0.29) is 0 Å². The van der Waals surface area contributed by atoms with Gasteiger partial charge in [-0.15, -0.1) is 0 Å². The highest BCUT2D eigenvalue weighted by atomic mass is 15.6. The standard InChI is InChI=1S/C8H14N3/c1-3-5-8(2)10-11-7-4-6-9-11/h4,7-8,10H,3,5H2,1-2H3. The van der Waals surface area contributed by atoms with Crippen LogP contribution in [0, 0.1) is 6.20 Å². The van der Waals surface area contributed by atoms with Crippen LogP contribution >= 0.6 is 0 Å². The summed E-state index contributed by atoms with van der Waals surface area (Å²) in [5.74, 6) is 0. The number of nitrogens with zero attached hydrogens (tertiary/aromatic N) is 2. The van der Waals surface area contributed by atoms with Gasteiger partial charge in [0.05, 0.1) is 0 Å². The molecule has 1 heterocycles. The molecule has 0 fully saturated rings. The quantitative estimate of drug-likeness (QED) is 0.707. The molecule has 0 aliphatic carbocycles. The molecule has 1 radical (unpaired) electrons. The summed E-state index contributed by atoms with van der Waals surface area (Å²) in [7, 11) is 0. The van der Waals surface area contributed by atoms with Crippen LogP contribution in [0.15, 0.2) is 12.3 Å². The Morgan fingerprint density at radius 2 is 2.55 bits per heavy atom. The molecular weight excluding hydrogens is 138 g/mol. The van der Waals surface area contributed by atoms with Gasteiger partial charge in [-0.1, -0.05) is 13.3 Å². The zero-order valence-corrected chi connectivity index (χ0v) is 7.04. The first-order chi connectivity index (χ1) is 5.33. The highest BCUT2D eigenvalue weighted by Crippen LogP contribution is 1.95. The number of aromatic nitrogens is 2. The van der Waals surface area contributed by atoms with Crippen molar-refractivity contribution in [2.45, 2.75) is 32.7 Å². The number of hydrogen-bond acceptors (Lipinski definition) is 2. The first kappa shape index (κ1) is 8.11. The average Bonchev–Trinajstić information content (AvgIpc) is 2.40. The summed E-state index contributed by atoms with van der Waals surface area (Å²) >= 11 is 0. The van der Waals surface area contributed by atoms with Crippen LogP contribution in [-0.2, 0) is 0 Å². The van der Waals surface area contributed by atoms with Crippen molar-refractivity contribution in [2.75, 3.05) is 5.43 Å². The lowest BCUT2D eigenvalue weighted by atomic mass is 10.2. The molecule has 0 saturated heterocycles. The van der Waals surface area contributed by atoms with Gasteiger partial charge < -0.3 is 5.43 Å². The van der Waals surface area contributed by atoms with E-state index in [4.69, 9.17) is 0 Å². The van der Waals surface area contributed by atoms with Crippen LogP contribution in [0.5, 0.6) is 0 Å². The fraction of sp³-hybridized carbons (Fsp3) is 0.625. The summed E-state index contributed by atoms with van der Waals surface area (Å²) in [6, 6.07) is 2.26. The molecule has 0 spiro atoms. The van der Waals surface area contributed by atoms with E-state index in [1.54, 1.807) is 10.9 Å². The molecule has 3 heteroatoms. The van der Waals surface area contributed by atoms with Gasteiger partial charge in [-0.2, -0.15) is 9.89 Å². The second-order valence-electron chi connectivity index (χ2n) is 2.71. The van der Waals surface area contributed by atoms with E-state index in [1.165, 1.54) is 12.8 Å². The second-order valence-corrected chi connectivity index (χ2v) is 2.71. The minimum Gasteiger partial charge on any atom is -0.307 e. The first-order valence-corrected chi connectivity index (χ1v) is 4.01. The summed E-state index contributed by atoms with van der Waals surface area (Å²) in [6.07, 6.45) is 6.94. The molecule has 0 amide bonds. The van der Waals surface area contributed by atoms with Crippen molar-refractivity contribution in [3.8, 4) is 0 Å². The molecule has 1 aromatic rings. The predicted octanol–water partition coefficient (Wildman–Crippen LogP) is 1.42. The van der Waals surface area contributed by atoms with Gasteiger partial charge in [0.2, 0.25) is 0 Å². The van der Waals surface area contributed by atoms with Crippen LogP contribution in [0.25, 0.3) is 0 Å². The van der Waals surface area contributed by atoms with Gasteiger partial charge in [-0.05, 0) is 19.4 Å². The second kappa shape index (κ2) is 4.01. The zero-order chi connectivity index (χ0) is 8.10. The van der Waals surface area contributed by atoms with E-state index in [1.807, 2.05) is 6.20 Å². The lowest BCUT2D eigenvalue weighted by Crippen LogP contribution is -2.25. The summed E-state index contributed by atoms with van der Waals surface area (Å²) in [4.78, 5) is 1.69. The molecule has 0 aliphatic heterocycles. The van der Waals surface area contributed by atoms with E-state index in [2.05, 4.69) is 30.6 Å². The maximum absolute atomic E-state index is 3.92. The molecule has 1 rings (SSSR count). The minimum absolute atomic E-state index is 0.480. The van der Waals surface area contributed by atoms with Crippen molar-refractivity contribution in [3.63, 3.8) is 0 Å². The fourth-order valence-corrected chi connectivity index (χ4v) is 1.03. The molecule has 1 atom stereocenters. The molecule has 1 N–H and O–H groups in total. The van der Waals surface area contributed by atoms with Crippen molar-refractivity contribution < 1.29 is 0 Å². The molecule has 0 aromatic carbocycles. The highest BCUT2D eigenvalue weighted by Gasteiger charge is 1.98. The van der Waals surface area contributed by atoms with Crippen LogP contribution in [0.4, 0.5) is 0 Å². The molecule has 0 bridgehead atoms. The number of hydrogen-bond donors (Lipinski definition) is 1. The maximum Gasteiger partial charge on any atom is 0.115 e. The van der Waals surface area contributed by atoms with E-state index < -0.39 is 0 Å². The number of rotatable bonds is 4. The molecule has 11 heavy (non-hydrogen) atoms. The van der Waals surface area contributed by atoms with E-state index in [0.717, 1.165) is 0 Å².